The zero-order valence-corrected chi connectivity index (χ0v) is 12.0. The smallest absolute Gasteiger partial charge is 0.257 e. The maximum atomic E-state index is 11.6. The van der Waals surface area contributed by atoms with Crippen LogP contribution in [0.15, 0.2) is 39.5 Å². The molecule has 3 heterocycles. The third-order valence-corrected chi connectivity index (χ3v) is 3.94. The molecule has 6 nitrogen and oxygen atoms in total. The second kappa shape index (κ2) is 5.29. The quantitative estimate of drug-likeness (QED) is 0.740. The van der Waals surface area contributed by atoms with Gasteiger partial charge >= 0.3 is 0 Å². The molecule has 2 aromatic heterocycles. The highest BCUT2D eigenvalue weighted by atomic mass is 16.5. The molecule has 0 saturated carbocycles. The summed E-state index contributed by atoms with van der Waals surface area (Å²) in [5.74, 6) is 1.34. The molecule has 0 bridgehead atoms. The molecule has 0 radical (unpaired) electrons. The third kappa shape index (κ3) is 2.36. The fraction of sp³-hybridized carbons (Fsp3) is 0.312. The molecule has 1 saturated heterocycles. The second-order valence-corrected chi connectivity index (χ2v) is 5.42. The fourth-order valence-corrected chi connectivity index (χ4v) is 2.75. The number of benzene rings is 1. The van der Waals surface area contributed by atoms with E-state index in [1.807, 2.05) is 29.2 Å². The van der Waals surface area contributed by atoms with E-state index in [4.69, 9.17) is 8.94 Å². The summed E-state index contributed by atoms with van der Waals surface area (Å²) in [5, 5.41) is 5.00. The predicted octanol–water partition coefficient (Wildman–Crippen LogP) is 2.65. The number of carbonyl (C=O) groups is 1. The average Bonchev–Trinajstić information content (AvgIpc) is 3.25. The normalized spacial score (nSPS) is 15.1. The minimum Gasteiger partial charge on any atom is -0.464 e. The van der Waals surface area contributed by atoms with E-state index in [1.165, 1.54) is 0 Å². The van der Waals surface area contributed by atoms with Crippen LogP contribution in [0.1, 0.15) is 18.7 Å². The van der Waals surface area contributed by atoms with Crippen LogP contribution in [0.2, 0.25) is 0 Å². The van der Waals surface area contributed by atoms with Gasteiger partial charge in [-0.2, -0.15) is 4.98 Å². The molecular weight excluding hydrogens is 282 g/mol. The third-order valence-electron chi connectivity index (χ3n) is 3.94. The number of fused-ring (bicyclic) bond motifs is 1. The summed E-state index contributed by atoms with van der Waals surface area (Å²) in [6, 6.07) is 7.64. The van der Waals surface area contributed by atoms with E-state index in [0.29, 0.717) is 31.1 Å². The Balaban J connectivity index is 1.49. The van der Waals surface area contributed by atoms with Crippen LogP contribution < -0.4 is 0 Å². The Morgan fingerprint density at radius 3 is 3.09 bits per heavy atom. The predicted molar refractivity (Wildman–Crippen MR) is 79.0 cm³/mol. The minimum absolute atomic E-state index is 0.217. The lowest BCUT2D eigenvalue weighted by atomic mass is 10.1. The van der Waals surface area contributed by atoms with Gasteiger partial charge in [0.25, 0.3) is 5.89 Å². The molecule has 0 atom stereocenters. The van der Waals surface area contributed by atoms with Crippen LogP contribution >= 0.6 is 0 Å². The second-order valence-electron chi connectivity index (χ2n) is 5.42. The standard InChI is InChI=1S/C16H15N3O3/c20-15-2-1-7-19(15)8-5-14-17-16(22-18-14)12-3-4-13-11(10-12)6-9-21-13/h3-4,6,9-10H,1-2,5,7-8H2. The van der Waals surface area contributed by atoms with Gasteiger partial charge in [-0.15, -0.1) is 0 Å². The van der Waals surface area contributed by atoms with Crippen LogP contribution in [0.5, 0.6) is 0 Å². The number of amides is 1. The van der Waals surface area contributed by atoms with Gasteiger partial charge in [-0.1, -0.05) is 5.16 Å². The van der Waals surface area contributed by atoms with Crippen molar-refractivity contribution >= 4 is 16.9 Å². The first kappa shape index (κ1) is 13.1. The zero-order valence-electron chi connectivity index (χ0n) is 12.0. The van der Waals surface area contributed by atoms with Crippen LogP contribution in [0, 0.1) is 0 Å². The monoisotopic (exact) mass is 297 g/mol. The summed E-state index contributed by atoms with van der Waals surface area (Å²) in [7, 11) is 0. The van der Waals surface area contributed by atoms with E-state index < -0.39 is 0 Å². The van der Waals surface area contributed by atoms with Crippen molar-refractivity contribution in [3.05, 3.63) is 36.4 Å². The van der Waals surface area contributed by atoms with E-state index in [0.717, 1.165) is 29.5 Å². The van der Waals surface area contributed by atoms with Crippen molar-refractivity contribution in [3.63, 3.8) is 0 Å². The Morgan fingerprint density at radius 2 is 2.23 bits per heavy atom. The van der Waals surface area contributed by atoms with E-state index in [1.54, 1.807) is 6.26 Å². The molecule has 3 aromatic rings. The number of aromatic nitrogens is 2. The number of hydrogen-bond acceptors (Lipinski definition) is 5. The number of nitrogens with zero attached hydrogens (tertiary/aromatic N) is 3. The molecule has 22 heavy (non-hydrogen) atoms. The Kier molecular flexibility index (Phi) is 3.14. The molecule has 4 rings (SSSR count). The molecule has 0 N–H and O–H groups in total. The van der Waals surface area contributed by atoms with Crippen molar-refractivity contribution in [1.82, 2.24) is 15.0 Å². The van der Waals surface area contributed by atoms with E-state index in [-0.39, 0.29) is 5.91 Å². The Hall–Kier alpha value is -2.63. The summed E-state index contributed by atoms with van der Waals surface area (Å²) >= 11 is 0. The highest BCUT2D eigenvalue weighted by molar-refractivity contribution is 5.81. The van der Waals surface area contributed by atoms with Crippen molar-refractivity contribution in [2.75, 3.05) is 13.1 Å². The van der Waals surface area contributed by atoms with Gasteiger partial charge in [-0.05, 0) is 30.7 Å². The summed E-state index contributed by atoms with van der Waals surface area (Å²) in [6.07, 6.45) is 3.87. The number of furan rings is 1. The summed E-state index contributed by atoms with van der Waals surface area (Å²) < 4.78 is 10.6. The van der Waals surface area contributed by atoms with Crippen LogP contribution in [-0.4, -0.2) is 34.0 Å². The van der Waals surface area contributed by atoms with Gasteiger partial charge in [-0.25, -0.2) is 0 Å². The summed E-state index contributed by atoms with van der Waals surface area (Å²) in [6.45, 7) is 1.49. The maximum Gasteiger partial charge on any atom is 0.257 e. The zero-order chi connectivity index (χ0) is 14.9. The molecule has 1 aliphatic rings. The largest absolute Gasteiger partial charge is 0.464 e. The van der Waals surface area contributed by atoms with Crippen molar-refractivity contribution in [1.29, 1.82) is 0 Å². The van der Waals surface area contributed by atoms with Crippen molar-refractivity contribution in [3.8, 4) is 11.5 Å². The fourth-order valence-electron chi connectivity index (χ4n) is 2.75. The summed E-state index contributed by atoms with van der Waals surface area (Å²) in [5.41, 5.74) is 1.70. The number of hydrogen-bond donors (Lipinski definition) is 0. The molecule has 0 spiro atoms. The van der Waals surface area contributed by atoms with Crippen LogP contribution in [0.3, 0.4) is 0 Å². The molecule has 1 aliphatic heterocycles. The number of carbonyl (C=O) groups excluding carboxylic acids is 1. The first-order valence-electron chi connectivity index (χ1n) is 7.37. The van der Waals surface area contributed by atoms with Gasteiger partial charge in [0.15, 0.2) is 5.82 Å². The lowest BCUT2D eigenvalue weighted by Gasteiger charge is -2.13. The van der Waals surface area contributed by atoms with Crippen LogP contribution in [0.4, 0.5) is 0 Å². The Labute approximate surface area is 126 Å². The van der Waals surface area contributed by atoms with E-state index in [2.05, 4.69) is 10.1 Å². The SMILES string of the molecule is O=C1CCCN1CCc1noc(-c2ccc3occc3c2)n1. The van der Waals surface area contributed by atoms with Gasteiger partial charge in [0, 0.05) is 36.9 Å². The van der Waals surface area contributed by atoms with Crippen LogP contribution in [-0.2, 0) is 11.2 Å². The average molecular weight is 297 g/mol. The first-order valence-corrected chi connectivity index (χ1v) is 7.37. The topological polar surface area (TPSA) is 72.4 Å². The molecule has 0 aliphatic carbocycles. The van der Waals surface area contributed by atoms with Gasteiger partial charge in [0.2, 0.25) is 5.91 Å². The van der Waals surface area contributed by atoms with Crippen molar-refractivity contribution < 1.29 is 13.7 Å². The Bertz CT molecular complexity index is 821. The minimum atomic E-state index is 0.217. The maximum absolute atomic E-state index is 11.6. The molecule has 1 amide bonds. The van der Waals surface area contributed by atoms with Crippen molar-refractivity contribution in [2.45, 2.75) is 19.3 Å². The lowest BCUT2D eigenvalue weighted by molar-refractivity contribution is -0.127. The molecule has 6 heteroatoms. The summed E-state index contributed by atoms with van der Waals surface area (Å²) in [4.78, 5) is 17.8. The van der Waals surface area contributed by atoms with Gasteiger partial charge in [0.1, 0.15) is 5.58 Å². The van der Waals surface area contributed by atoms with Crippen LogP contribution in [0.25, 0.3) is 22.4 Å². The molecule has 0 unspecified atom stereocenters. The Morgan fingerprint density at radius 1 is 1.27 bits per heavy atom. The van der Waals surface area contributed by atoms with Gasteiger partial charge in [-0.3, -0.25) is 4.79 Å². The molecular formula is C16H15N3O3. The highest BCUT2D eigenvalue weighted by Gasteiger charge is 2.20. The number of rotatable bonds is 4. The van der Waals surface area contributed by atoms with E-state index in [9.17, 15) is 4.79 Å². The molecule has 1 aromatic carbocycles. The van der Waals surface area contributed by atoms with Crippen molar-refractivity contribution in [2.24, 2.45) is 0 Å². The van der Waals surface area contributed by atoms with Gasteiger partial charge in [0.05, 0.1) is 6.26 Å². The highest BCUT2D eigenvalue weighted by Crippen LogP contribution is 2.24. The van der Waals surface area contributed by atoms with E-state index >= 15 is 0 Å². The molecule has 1 fully saturated rings. The lowest BCUT2D eigenvalue weighted by Crippen LogP contribution is -2.27. The van der Waals surface area contributed by atoms with Gasteiger partial charge < -0.3 is 13.8 Å². The molecule has 112 valence electrons. The first-order chi connectivity index (χ1) is 10.8. The number of likely N-dealkylation sites (tertiary alicyclic amines) is 1.